The van der Waals surface area contributed by atoms with Gasteiger partial charge in [-0.05, 0) is 24.4 Å². The van der Waals surface area contributed by atoms with Crippen molar-refractivity contribution in [3.8, 4) is 0 Å². The van der Waals surface area contributed by atoms with Gasteiger partial charge in [-0.3, -0.25) is 9.48 Å². The highest BCUT2D eigenvalue weighted by Gasteiger charge is 2.18. The van der Waals surface area contributed by atoms with Crippen LogP contribution in [-0.2, 0) is 13.5 Å². The van der Waals surface area contributed by atoms with Gasteiger partial charge in [0.05, 0.1) is 5.69 Å². The van der Waals surface area contributed by atoms with Gasteiger partial charge in [0.25, 0.3) is 5.91 Å². The van der Waals surface area contributed by atoms with E-state index in [2.05, 4.69) is 10.4 Å². The molecule has 0 aliphatic carbocycles. The van der Waals surface area contributed by atoms with Crippen LogP contribution in [0.15, 0.2) is 6.07 Å². The molecule has 0 aliphatic heterocycles. The molecule has 1 heterocycles. The first-order chi connectivity index (χ1) is 7.89. The van der Waals surface area contributed by atoms with E-state index in [4.69, 9.17) is 5.73 Å². The topological polar surface area (TPSA) is 72.9 Å². The Bertz CT molecular complexity index is 395. The van der Waals surface area contributed by atoms with Gasteiger partial charge in [-0.25, -0.2) is 0 Å². The fourth-order valence-corrected chi connectivity index (χ4v) is 1.39. The lowest BCUT2D eigenvalue weighted by atomic mass is 9.94. The Morgan fingerprint density at radius 1 is 1.59 bits per heavy atom. The van der Waals surface area contributed by atoms with Gasteiger partial charge in [0.1, 0.15) is 5.69 Å². The third-order valence-corrected chi connectivity index (χ3v) is 2.81. The minimum Gasteiger partial charge on any atom is -0.350 e. The molecule has 5 nitrogen and oxygen atoms in total. The van der Waals surface area contributed by atoms with Crippen molar-refractivity contribution < 1.29 is 4.79 Å². The van der Waals surface area contributed by atoms with Crippen LogP contribution in [-0.4, -0.2) is 28.8 Å². The van der Waals surface area contributed by atoms with Crippen LogP contribution in [0.25, 0.3) is 0 Å². The molecule has 0 saturated heterocycles. The highest BCUT2D eigenvalue weighted by molar-refractivity contribution is 5.92. The summed E-state index contributed by atoms with van der Waals surface area (Å²) in [5.41, 5.74) is 7.06. The zero-order chi connectivity index (χ0) is 13.1. The molecule has 1 amide bonds. The summed E-state index contributed by atoms with van der Waals surface area (Å²) in [6.45, 7) is 7.16. The van der Waals surface area contributed by atoms with Gasteiger partial charge in [-0.1, -0.05) is 20.8 Å². The van der Waals surface area contributed by atoms with E-state index in [1.54, 1.807) is 11.7 Å². The number of nitrogens with one attached hydrogen (secondary N) is 1. The van der Waals surface area contributed by atoms with Crippen LogP contribution in [0.1, 0.15) is 37.0 Å². The first-order valence-corrected chi connectivity index (χ1v) is 5.91. The molecule has 1 rings (SSSR count). The van der Waals surface area contributed by atoms with Crippen molar-refractivity contribution in [2.24, 2.45) is 18.2 Å². The van der Waals surface area contributed by atoms with Crippen LogP contribution < -0.4 is 11.1 Å². The van der Waals surface area contributed by atoms with E-state index in [-0.39, 0.29) is 11.3 Å². The van der Waals surface area contributed by atoms with Crippen molar-refractivity contribution in [2.45, 2.75) is 27.2 Å². The highest BCUT2D eigenvalue weighted by atomic mass is 16.2. The monoisotopic (exact) mass is 238 g/mol. The lowest BCUT2D eigenvalue weighted by Gasteiger charge is -2.22. The van der Waals surface area contributed by atoms with Crippen molar-refractivity contribution in [3.63, 3.8) is 0 Å². The molecule has 0 bridgehead atoms. The summed E-state index contributed by atoms with van der Waals surface area (Å²) in [4.78, 5) is 11.9. The number of aromatic nitrogens is 2. The zero-order valence-corrected chi connectivity index (χ0v) is 11.1. The summed E-state index contributed by atoms with van der Waals surface area (Å²) >= 11 is 0. The molecule has 17 heavy (non-hydrogen) atoms. The lowest BCUT2D eigenvalue weighted by Crippen LogP contribution is -2.38. The average molecular weight is 238 g/mol. The van der Waals surface area contributed by atoms with Crippen molar-refractivity contribution >= 4 is 5.91 Å². The number of carbonyl (C=O) groups excluding carboxylic acids is 1. The minimum absolute atomic E-state index is 0.0815. The zero-order valence-electron chi connectivity index (χ0n) is 11.1. The second-order valence-corrected chi connectivity index (χ2v) is 5.05. The summed E-state index contributed by atoms with van der Waals surface area (Å²) in [7, 11) is 1.78. The Morgan fingerprint density at radius 2 is 2.24 bits per heavy atom. The van der Waals surface area contributed by atoms with Crippen LogP contribution in [0, 0.1) is 5.41 Å². The van der Waals surface area contributed by atoms with Crippen LogP contribution in [0.4, 0.5) is 0 Å². The van der Waals surface area contributed by atoms with Crippen LogP contribution in [0.5, 0.6) is 0 Å². The van der Waals surface area contributed by atoms with Gasteiger partial charge in [-0.2, -0.15) is 5.10 Å². The lowest BCUT2D eigenvalue weighted by molar-refractivity contribution is 0.0928. The second-order valence-electron chi connectivity index (χ2n) is 5.05. The Morgan fingerprint density at radius 3 is 2.71 bits per heavy atom. The standard InChI is InChI=1S/C12H22N4O/c1-5-9-6-10(16(4)15-9)11(17)14-8-12(2,3)7-13/h6H,5,7-8,13H2,1-4H3,(H,14,17). The predicted molar refractivity (Wildman–Crippen MR) is 67.8 cm³/mol. The molecule has 1 aromatic rings. The molecule has 0 radical (unpaired) electrons. The van der Waals surface area contributed by atoms with E-state index in [0.29, 0.717) is 18.8 Å². The molecule has 0 fully saturated rings. The fourth-order valence-electron chi connectivity index (χ4n) is 1.39. The highest BCUT2D eigenvalue weighted by Crippen LogP contribution is 2.11. The summed E-state index contributed by atoms with van der Waals surface area (Å²) in [5.74, 6) is -0.0961. The Kier molecular flexibility index (Phi) is 4.28. The van der Waals surface area contributed by atoms with Crippen molar-refractivity contribution in [1.82, 2.24) is 15.1 Å². The number of aryl methyl sites for hydroxylation is 2. The van der Waals surface area contributed by atoms with Gasteiger partial charge in [0, 0.05) is 13.6 Å². The van der Waals surface area contributed by atoms with Gasteiger partial charge in [0.2, 0.25) is 0 Å². The third kappa shape index (κ3) is 3.56. The molecule has 0 spiro atoms. The number of nitrogens with zero attached hydrogens (tertiary/aromatic N) is 2. The maximum Gasteiger partial charge on any atom is 0.269 e. The maximum absolute atomic E-state index is 11.9. The van der Waals surface area contributed by atoms with E-state index >= 15 is 0 Å². The second kappa shape index (κ2) is 5.31. The molecule has 0 saturated carbocycles. The van der Waals surface area contributed by atoms with Crippen molar-refractivity contribution in [3.05, 3.63) is 17.5 Å². The van der Waals surface area contributed by atoms with Crippen molar-refractivity contribution in [1.29, 1.82) is 0 Å². The summed E-state index contributed by atoms with van der Waals surface area (Å²) in [5, 5.41) is 7.13. The summed E-state index contributed by atoms with van der Waals surface area (Å²) in [6.07, 6.45) is 0.829. The van der Waals surface area contributed by atoms with Gasteiger partial charge >= 0.3 is 0 Å². The van der Waals surface area contributed by atoms with Crippen LogP contribution in [0.2, 0.25) is 0 Å². The SMILES string of the molecule is CCc1cc(C(=O)NCC(C)(C)CN)n(C)n1. The molecule has 3 N–H and O–H groups in total. The maximum atomic E-state index is 11.9. The van der Waals surface area contributed by atoms with Crippen LogP contribution >= 0.6 is 0 Å². The Hall–Kier alpha value is -1.36. The van der Waals surface area contributed by atoms with E-state index < -0.39 is 0 Å². The number of amides is 1. The molecule has 0 atom stereocenters. The summed E-state index contributed by atoms with van der Waals surface area (Å²) < 4.78 is 1.61. The van der Waals surface area contributed by atoms with E-state index in [0.717, 1.165) is 12.1 Å². The Labute approximate surface area is 102 Å². The Balaban J connectivity index is 2.67. The van der Waals surface area contributed by atoms with Gasteiger partial charge in [-0.15, -0.1) is 0 Å². The van der Waals surface area contributed by atoms with E-state index in [1.807, 2.05) is 26.8 Å². The smallest absolute Gasteiger partial charge is 0.269 e. The summed E-state index contributed by atoms with van der Waals surface area (Å²) in [6, 6.07) is 1.82. The van der Waals surface area contributed by atoms with Gasteiger partial charge < -0.3 is 11.1 Å². The first-order valence-electron chi connectivity index (χ1n) is 5.91. The number of hydrogen-bond acceptors (Lipinski definition) is 3. The molecular weight excluding hydrogens is 216 g/mol. The third-order valence-electron chi connectivity index (χ3n) is 2.81. The largest absolute Gasteiger partial charge is 0.350 e. The van der Waals surface area contributed by atoms with Crippen molar-refractivity contribution in [2.75, 3.05) is 13.1 Å². The predicted octanol–water partition coefficient (Wildman–Crippen LogP) is 0.697. The van der Waals surface area contributed by atoms with Crippen LogP contribution in [0.3, 0.4) is 0 Å². The molecule has 0 aliphatic rings. The first kappa shape index (κ1) is 13.7. The molecule has 0 unspecified atom stereocenters. The number of carbonyl (C=O) groups is 1. The molecular formula is C12H22N4O. The average Bonchev–Trinajstić information content (AvgIpc) is 2.68. The number of nitrogens with two attached hydrogens (primary N) is 1. The van der Waals surface area contributed by atoms with E-state index in [9.17, 15) is 4.79 Å². The minimum atomic E-state index is -0.0961. The molecule has 1 aromatic heterocycles. The van der Waals surface area contributed by atoms with Gasteiger partial charge in [0.15, 0.2) is 0 Å². The molecule has 0 aromatic carbocycles. The molecule has 5 heteroatoms. The molecule has 96 valence electrons. The van der Waals surface area contributed by atoms with E-state index in [1.165, 1.54) is 0 Å². The number of rotatable bonds is 5. The normalized spacial score (nSPS) is 11.6. The quantitative estimate of drug-likeness (QED) is 0.793. The fraction of sp³-hybridized carbons (Fsp3) is 0.667. The number of hydrogen-bond donors (Lipinski definition) is 2.